The Balaban J connectivity index is 2.08. The zero-order chi connectivity index (χ0) is 6.69. The van der Waals surface area contributed by atoms with Gasteiger partial charge in [-0.15, -0.1) is 0 Å². The molecule has 1 aliphatic carbocycles. The second-order valence-corrected chi connectivity index (χ2v) is 2.84. The predicted molar refractivity (Wildman–Crippen MR) is 36.0 cm³/mol. The van der Waals surface area contributed by atoms with Crippen molar-refractivity contribution in [2.45, 2.75) is 19.3 Å². The summed E-state index contributed by atoms with van der Waals surface area (Å²) in [5.41, 5.74) is 0. The van der Waals surface area contributed by atoms with Crippen molar-refractivity contribution in [1.82, 2.24) is 4.90 Å². The van der Waals surface area contributed by atoms with Crippen LogP contribution in [-0.4, -0.2) is 24.9 Å². The quantitative estimate of drug-likeness (QED) is 0.515. The van der Waals surface area contributed by atoms with Crippen LogP contribution >= 0.6 is 0 Å². The van der Waals surface area contributed by atoms with Gasteiger partial charge in [0.25, 0.3) is 0 Å². The second kappa shape index (κ2) is 2.85. The van der Waals surface area contributed by atoms with Gasteiger partial charge in [0.05, 0.1) is 0 Å². The molecule has 0 aromatic carbocycles. The van der Waals surface area contributed by atoms with Gasteiger partial charge in [-0.3, -0.25) is 4.79 Å². The number of hydrogen-bond donors (Lipinski definition) is 0. The minimum absolute atomic E-state index is 0.806. The Bertz CT molecular complexity index is 99.1. The molecule has 1 aliphatic rings. The predicted octanol–water partition coefficient (Wildman–Crippen LogP) is 0.875. The number of amides is 1. The summed E-state index contributed by atoms with van der Waals surface area (Å²) in [7, 11) is 1.84. The SMILES string of the molecule is CN(C=O)CC1CCC1. The lowest BCUT2D eigenvalue weighted by Gasteiger charge is -2.27. The van der Waals surface area contributed by atoms with Gasteiger partial charge in [-0.1, -0.05) is 6.42 Å². The standard InChI is InChI=1S/C7H13NO/c1-8(6-9)5-7-3-2-4-7/h6-7H,2-5H2,1H3. The van der Waals surface area contributed by atoms with Crippen LogP contribution in [0.2, 0.25) is 0 Å². The molecule has 0 atom stereocenters. The summed E-state index contributed by atoms with van der Waals surface area (Å²) in [5.74, 6) is 0.806. The highest BCUT2D eigenvalue weighted by molar-refractivity contribution is 5.46. The van der Waals surface area contributed by atoms with Crippen molar-refractivity contribution in [2.24, 2.45) is 5.92 Å². The van der Waals surface area contributed by atoms with E-state index in [0.717, 1.165) is 18.9 Å². The summed E-state index contributed by atoms with van der Waals surface area (Å²) in [4.78, 5) is 11.8. The molecule has 1 saturated carbocycles. The van der Waals surface area contributed by atoms with Crippen molar-refractivity contribution < 1.29 is 4.79 Å². The molecule has 0 heterocycles. The van der Waals surface area contributed by atoms with Gasteiger partial charge >= 0.3 is 0 Å². The van der Waals surface area contributed by atoms with Gasteiger partial charge in [-0.2, -0.15) is 0 Å². The number of nitrogens with zero attached hydrogens (tertiary/aromatic N) is 1. The maximum Gasteiger partial charge on any atom is 0.209 e. The van der Waals surface area contributed by atoms with Crippen LogP contribution in [-0.2, 0) is 4.79 Å². The topological polar surface area (TPSA) is 20.3 Å². The van der Waals surface area contributed by atoms with Crippen LogP contribution in [0.3, 0.4) is 0 Å². The van der Waals surface area contributed by atoms with Crippen molar-refractivity contribution in [3.05, 3.63) is 0 Å². The van der Waals surface area contributed by atoms with Crippen LogP contribution in [0.4, 0.5) is 0 Å². The van der Waals surface area contributed by atoms with E-state index in [2.05, 4.69) is 0 Å². The summed E-state index contributed by atoms with van der Waals surface area (Å²) < 4.78 is 0. The molecule has 9 heavy (non-hydrogen) atoms. The molecule has 1 fully saturated rings. The maximum atomic E-state index is 10.1. The Labute approximate surface area is 55.8 Å². The average Bonchev–Trinajstić information content (AvgIpc) is 1.78. The van der Waals surface area contributed by atoms with E-state index in [-0.39, 0.29) is 0 Å². The minimum atomic E-state index is 0.806. The Hall–Kier alpha value is -0.530. The molecule has 0 N–H and O–H groups in total. The van der Waals surface area contributed by atoms with Gasteiger partial charge in [-0.25, -0.2) is 0 Å². The summed E-state index contributed by atoms with van der Waals surface area (Å²) in [6, 6.07) is 0. The van der Waals surface area contributed by atoms with Crippen LogP contribution in [0, 0.1) is 5.92 Å². The first-order chi connectivity index (χ1) is 4.33. The maximum absolute atomic E-state index is 10.1. The van der Waals surface area contributed by atoms with Crippen LogP contribution < -0.4 is 0 Å². The number of carbonyl (C=O) groups excluding carboxylic acids is 1. The molecule has 0 aromatic rings. The minimum Gasteiger partial charge on any atom is -0.348 e. The lowest BCUT2D eigenvalue weighted by atomic mass is 9.85. The van der Waals surface area contributed by atoms with Gasteiger partial charge < -0.3 is 4.90 Å². The van der Waals surface area contributed by atoms with Crippen molar-refractivity contribution in [1.29, 1.82) is 0 Å². The highest BCUT2D eigenvalue weighted by Crippen LogP contribution is 2.26. The highest BCUT2D eigenvalue weighted by Gasteiger charge is 2.17. The first-order valence-corrected chi connectivity index (χ1v) is 3.48. The molecule has 0 spiro atoms. The summed E-state index contributed by atoms with van der Waals surface area (Å²) >= 11 is 0. The molecule has 0 radical (unpaired) electrons. The fourth-order valence-corrected chi connectivity index (χ4v) is 1.13. The smallest absolute Gasteiger partial charge is 0.209 e. The number of rotatable bonds is 3. The third-order valence-electron chi connectivity index (χ3n) is 1.95. The first kappa shape index (κ1) is 6.59. The van der Waals surface area contributed by atoms with Crippen LogP contribution in [0.25, 0.3) is 0 Å². The molecule has 2 nitrogen and oxygen atoms in total. The molecule has 0 aromatic heterocycles. The van der Waals surface area contributed by atoms with Crippen molar-refractivity contribution >= 4 is 6.41 Å². The number of hydrogen-bond acceptors (Lipinski definition) is 1. The molecule has 2 heteroatoms. The molecule has 0 unspecified atom stereocenters. The number of carbonyl (C=O) groups is 1. The second-order valence-electron chi connectivity index (χ2n) is 2.84. The Morgan fingerprint density at radius 3 is 2.67 bits per heavy atom. The molecular weight excluding hydrogens is 114 g/mol. The third kappa shape index (κ3) is 1.70. The van der Waals surface area contributed by atoms with Gasteiger partial charge in [0, 0.05) is 13.6 Å². The molecule has 0 saturated heterocycles. The lowest BCUT2D eigenvalue weighted by Crippen LogP contribution is -2.28. The molecule has 1 rings (SSSR count). The van der Waals surface area contributed by atoms with Crippen LogP contribution in [0.15, 0.2) is 0 Å². The monoisotopic (exact) mass is 127 g/mol. The fourth-order valence-electron chi connectivity index (χ4n) is 1.13. The molecule has 52 valence electrons. The lowest BCUT2D eigenvalue weighted by molar-refractivity contribution is -0.117. The van der Waals surface area contributed by atoms with Crippen molar-refractivity contribution in [3.8, 4) is 0 Å². The molecule has 1 amide bonds. The highest BCUT2D eigenvalue weighted by atomic mass is 16.1. The Kier molecular flexibility index (Phi) is 2.09. The summed E-state index contributed by atoms with van der Waals surface area (Å²) in [6.45, 7) is 0.962. The van der Waals surface area contributed by atoms with E-state index < -0.39 is 0 Å². The van der Waals surface area contributed by atoms with E-state index in [0.29, 0.717) is 0 Å². The molecular formula is C7H13NO. The molecule has 0 bridgehead atoms. The first-order valence-electron chi connectivity index (χ1n) is 3.48. The van der Waals surface area contributed by atoms with Gasteiger partial charge in [-0.05, 0) is 18.8 Å². The summed E-state index contributed by atoms with van der Waals surface area (Å²) in [5, 5.41) is 0. The summed E-state index contributed by atoms with van der Waals surface area (Å²) in [6.07, 6.45) is 4.89. The molecule has 0 aliphatic heterocycles. The Morgan fingerprint density at radius 2 is 2.33 bits per heavy atom. The van der Waals surface area contributed by atoms with Gasteiger partial charge in [0.2, 0.25) is 6.41 Å². The van der Waals surface area contributed by atoms with Crippen LogP contribution in [0.1, 0.15) is 19.3 Å². The van der Waals surface area contributed by atoms with Crippen molar-refractivity contribution in [2.75, 3.05) is 13.6 Å². The van der Waals surface area contributed by atoms with E-state index in [9.17, 15) is 4.79 Å². The van der Waals surface area contributed by atoms with E-state index in [1.165, 1.54) is 19.3 Å². The third-order valence-corrected chi connectivity index (χ3v) is 1.95. The zero-order valence-corrected chi connectivity index (χ0v) is 5.84. The van der Waals surface area contributed by atoms with E-state index in [4.69, 9.17) is 0 Å². The van der Waals surface area contributed by atoms with Crippen molar-refractivity contribution in [3.63, 3.8) is 0 Å². The van der Waals surface area contributed by atoms with Gasteiger partial charge in [0.15, 0.2) is 0 Å². The van der Waals surface area contributed by atoms with E-state index in [1.54, 1.807) is 4.90 Å². The average molecular weight is 127 g/mol. The van der Waals surface area contributed by atoms with Gasteiger partial charge in [0.1, 0.15) is 0 Å². The Morgan fingerprint density at radius 1 is 1.67 bits per heavy atom. The van der Waals surface area contributed by atoms with E-state index >= 15 is 0 Å². The normalized spacial score (nSPS) is 18.8. The van der Waals surface area contributed by atoms with E-state index in [1.807, 2.05) is 7.05 Å². The fraction of sp³-hybridized carbons (Fsp3) is 0.857. The van der Waals surface area contributed by atoms with Crippen LogP contribution in [0.5, 0.6) is 0 Å². The largest absolute Gasteiger partial charge is 0.348 e. The zero-order valence-electron chi connectivity index (χ0n) is 5.84.